The monoisotopic (exact) mass is 264 g/mol. The Kier molecular flexibility index (Phi) is 3.76. The fraction of sp³-hybridized carbons (Fsp3) is 0.333. The summed E-state index contributed by atoms with van der Waals surface area (Å²) in [7, 11) is -2.20. The van der Waals surface area contributed by atoms with Crippen molar-refractivity contribution in [2.24, 2.45) is 4.36 Å². The van der Waals surface area contributed by atoms with E-state index in [0.717, 1.165) is 18.7 Å². The average molecular weight is 264 g/mol. The second-order valence-corrected chi connectivity index (χ2v) is 6.89. The smallest absolute Gasteiger partial charge is 0.261 e. The third kappa shape index (κ3) is 3.96. The molecule has 0 saturated carbocycles. The predicted octanol–water partition coefficient (Wildman–Crippen LogP) is 1.95. The largest absolute Gasteiger partial charge is 0.276 e. The van der Waals surface area contributed by atoms with Crippen LogP contribution in [-0.2, 0) is 22.6 Å². The number of hydrogen-bond donors (Lipinski definition) is 1. The van der Waals surface area contributed by atoms with Crippen molar-refractivity contribution in [1.29, 1.82) is 0 Å². The van der Waals surface area contributed by atoms with Crippen LogP contribution in [0.25, 0.3) is 0 Å². The van der Waals surface area contributed by atoms with Crippen molar-refractivity contribution in [1.82, 2.24) is 15.2 Å². The lowest BCUT2D eigenvalue weighted by Gasteiger charge is -1.97. The van der Waals surface area contributed by atoms with Gasteiger partial charge in [-0.3, -0.25) is 5.10 Å². The number of benzene rings is 1. The number of H-pyrrole nitrogens is 1. The lowest BCUT2D eigenvalue weighted by Crippen LogP contribution is -1.93. The fourth-order valence-electron chi connectivity index (χ4n) is 1.54. The van der Waals surface area contributed by atoms with Gasteiger partial charge in [-0.05, 0) is 12.0 Å². The molecule has 96 valence electrons. The standard InChI is InChI=1S/C12H16N4OS/c1-18(2,17)16-12-13-11(14-15-12)9-8-10-6-4-3-5-7-10/h3-7H,8-9H2,1-2H3,(H,13,14,15). The number of aromatic nitrogens is 3. The van der Waals surface area contributed by atoms with Crippen LogP contribution in [0.5, 0.6) is 0 Å². The maximum atomic E-state index is 11.5. The van der Waals surface area contributed by atoms with Gasteiger partial charge in [-0.25, -0.2) is 4.21 Å². The molecule has 0 saturated heterocycles. The van der Waals surface area contributed by atoms with Crippen LogP contribution >= 0.6 is 0 Å². The normalized spacial score (nSPS) is 11.4. The molecule has 0 aliphatic carbocycles. The van der Waals surface area contributed by atoms with E-state index in [0.29, 0.717) is 0 Å². The van der Waals surface area contributed by atoms with Crippen LogP contribution in [0.4, 0.5) is 5.95 Å². The van der Waals surface area contributed by atoms with E-state index in [1.54, 1.807) is 12.5 Å². The van der Waals surface area contributed by atoms with Gasteiger partial charge in [0.15, 0.2) is 0 Å². The Morgan fingerprint density at radius 1 is 1.22 bits per heavy atom. The molecule has 18 heavy (non-hydrogen) atoms. The predicted molar refractivity (Wildman–Crippen MR) is 72.3 cm³/mol. The summed E-state index contributed by atoms with van der Waals surface area (Å²) in [6, 6.07) is 10.2. The highest BCUT2D eigenvalue weighted by Crippen LogP contribution is 2.08. The van der Waals surface area contributed by atoms with Crippen molar-refractivity contribution in [2.45, 2.75) is 12.8 Å². The molecule has 0 radical (unpaired) electrons. The van der Waals surface area contributed by atoms with Gasteiger partial charge < -0.3 is 0 Å². The maximum absolute atomic E-state index is 11.5. The van der Waals surface area contributed by atoms with E-state index in [-0.39, 0.29) is 5.95 Å². The van der Waals surface area contributed by atoms with E-state index in [2.05, 4.69) is 31.7 Å². The minimum Gasteiger partial charge on any atom is -0.261 e. The molecule has 5 nitrogen and oxygen atoms in total. The Balaban J connectivity index is 2.02. The highest BCUT2D eigenvalue weighted by Gasteiger charge is 2.03. The Morgan fingerprint density at radius 2 is 1.94 bits per heavy atom. The van der Waals surface area contributed by atoms with Gasteiger partial charge in [-0.2, -0.15) is 9.35 Å². The summed E-state index contributed by atoms with van der Waals surface area (Å²) in [5, 5.41) is 6.75. The molecule has 0 atom stereocenters. The van der Waals surface area contributed by atoms with Crippen LogP contribution in [0, 0.1) is 0 Å². The molecular formula is C12H16N4OS. The first-order valence-electron chi connectivity index (χ1n) is 5.65. The molecule has 1 aromatic heterocycles. The van der Waals surface area contributed by atoms with Crippen LogP contribution in [0.2, 0.25) is 0 Å². The lowest BCUT2D eigenvalue weighted by molar-refractivity contribution is 0.684. The van der Waals surface area contributed by atoms with Gasteiger partial charge in [0.1, 0.15) is 5.82 Å². The molecule has 2 rings (SSSR count). The summed E-state index contributed by atoms with van der Waals surface area (Å²) in [4.78, 5) is 4.20. The van der Waals surface area contributed by atoms with Crippen molar-refractivity contribution in [3.05, 3.63) is 41.7 Å². The van der Waals surface area contributed by atoms with Crippen LogP contribution in [-0.4, -0.2) is 31.9 Å². The van der Waals surface area contributed by atoms with Gasteiger partial charge in [-0.1, -0.05) is 30.3 Å². The first-order valence-corrected chi connectivity index (χ1v) is 7.98. The summed E-state index contributed by atoms with van der Waals surface area (Å²) >= 11 is 0. The second-order valence-electron chi connectivity index (χ2n) is 4.34. The Hall–Kier alpha value is -1.69. The first kappa shape index (κ1) is 12.8. The SMILES string of the molecule is CS(C)(=O)=Nc1n[nH]c(CCc2ccccc2)n1. The summed E-state index contributed by atoms with van der Waals surface area (Å²) in [5.41, 5.74) is 1.25. The number of hydrogen-bond acceptors (Lipinski definition) is 4. The average Bonchev–Trinajstić information content (AvgIpc) is 2.73. The van der Waals surface area contributed by atoms with Crippen molar-refractivity contribution < 1.29 is 4.21 Å². The zero-order valence-electron chi connectivity index (χ0n) is 10.5. The minimum absolute atomic E-state index is 0.271. The van der Waals surface area contributed by atoms with Crippen LogP contribution in [0.1, 0.15) is 11.4 Å². The van der Waals surface area contributed by atoms with Crippen LogP contribution < -0.4 is 0 Å². The van der Waals surface area contributed by atoms with Crippen molar-refractivity contribution in [2.75, 3.05) is 12.5 Å². The molecule has 1 heterocycles. The zero-order valence-corrected chi connectivity index (χ0v) is 11.3. The van der Waals surface area contributed by atoms with Gasteiger partial charge in [0.2, 0.25) is 0 Å². The number of nitrogens with zero attached hydrogens (tertiary/aromatic N) is 3. The lowest BCUT2D eigenvalue weighted by atomic mass is 10.1. The van der Waals surface area contributed by atoms with Gasteiger partial charge >= 0.3 is 0 Å². The fourth-order valence-corrected chi connectivity index (χ4v) is 2.02. The maximum Gasteiger partial charge on any atom is 0.276 e. The van der Waals surface area contributed by atoms with Crippen molar-refractivity contribution in [3.63, 3.8) is 0 Å². The quantitative estimate of drug-likeness (QED) is 0.917. The molecule has 0 spiro atoms. The number of nitrogens with one attached hydrogen (secondary N) is 1. The van der Waals surface area contributed by atoms with Gasteiger partial charge in [0.25, 0.3) is 5.95 Å². The molecule has 0 unspecified atom stereocenters. The van der Waals surface area contributed by atoms with E-state index >= 15 is 0 Å². The summed E-state index contributed by atoms with van der Waals surface area (Å²) in [6.45, 7) is 0. The minimum atomic E-state index is -2.20. The third-order valence-electron chi connectivity index (χ3n) is 2.31. The molecule has 0 amide bonds. The number of aryl methyl sites for hydroxylation is 2. The Morgan fingerprint density at radius 3 is 2.61 bits per heavy atom. The highest BCUT2D eigenvalue weighted by molar-refractivity contribution is 7.92. The van der Waals surface area contributed by atoms with Crippen LogP contribution in [0.15, 0.2) is 34.7 Å². The van der Waals surface area contributed by atoms with E-state index < -0.39 is 9.73 Å². The van der Waals surface area contributed by atoms with Crippen molar-refractivity contribution in [3.8, 4) is 0 Å². The molecule has 6 heteroatoms. The molecule has 0 bridgehead atoms. The highest BCUT2D eigenvalue weighted by atomic mass is 32.2. The van der Waals surface area contributed by atoms with Crippen LogP contribution in [0.3, 0.4) is 0 Å². The third-order valence-corrected chi connectivity index (χ3v) is 2.92. The Labute approximate surface area is 107 Å². The molecule has 2 aromatic rings. The summed E-state index contributed by atoms with van der Waals surface area (Å²) in [6.07, 6.45) is 4.78. The van der Waals surface area contributed by atoms with E-state index in [1.165, 1.54) is 5.56 Å². The van der Waals surface area contributed by atoms with Gasteiger partial charge in [0, 0.05) is 28.7 Å². The van der Waals surface area contributed by atoms with E-state index in [9.17, 15) is 4.21 Å². The second kappa shape index (κ2) is 5.30. The molecule has 0 fully saturated rings. The number of aromatic amines is 1. The van der Waals surface area contributed by atoms with E-state index in [1.807, 2.05) is 18.2 Å². The summed E-state index contributed by atoms with van der Waals surface area (Å²) in [5.74, 6) is 1.04. The molecule has 1 aromatic carbocycles. The van der Waals surface area contributed by atoms with Gasteiger partial charge in [-0.15, -0.1) is 5.10 Å². The van der Waals surface area contributed by atoms with Crippen molar-refractivity contribution >= 4 is 15.7 Å². The number of rotatable bonds is 4. The van der Waals surface area contributed by atoms with Gasteiger partial charge in [0.05, 0.1) is 0 Å². The molecule has 0 aliphatic rings. The molecule has 1 N–H and O–H groups in total. The zero-order chi connectivity index (χ0) is 13.0. The molecule has 0 aliphatic heterocycles. The Bertz CT molecular complexity index is 619. The first-order chi connectivity index (χ1) is 8.53. The summed E-state index contributed by atoms with van der Waals surface area (Å²) < 4.78 is 15.4. The molecular weight excluding hydrogens is 248 g/mol. The van der Waals surface area contributed by atoms with E-state index in [4.69, 9.17) is 0 Å². The topological polar surface area (TPSA) is 71.0 Å².